The SMILES string of the molecule is Cc1ccc(C(C)C)c(OCOc2cc(C)ccc2C(C)C)c1. The zero-order valence-corrected chi connectivity index (χ0v) is 15.1. The minimum atomic E-state index is 0.229. The van der Waals surface area contributed by atoms with Crippen LogP contribution in [0.15, 0.2) is 36.4 Å². The van der Waals surface area contributed by atoms with Crippen molar-refractivity contribution in [1.82, 2.24) is 0 Å². The molecule has 0 heterocycles. The molecule has 23 heavy (non-hydrogen) atoms. The van der Waals surface area contributed by atoms with Gasteiger partial charge in [0, 0.05) is 0 Å². The van der Waals surface area contributed by atoms with Crippen LogP contribution in [0.2, 0.25) is 0 Å². The first-order valence-electron chi connectivity index (χ1n) is 8.35. The molecule has 0 aliphatic heterocycles. The van der Waals surface area contributed by atoms with Gasteiger partial charge in [0.15, 0.2) is 0 Å². The first-order chi connectivity index (χ1) is 10.9. The van der Waals surface area contributed by atoms with Crippen molar-refractivity contribution in [3.63, 3.8) is 0 Å². The highest BCUT2D eigenvalue weighted by molar-refractivity contribution is 5.40. The molecule has 0 aromatic heterocycles. The highest BCUT2D eigenvalue weighted by Crippen LogP contribution is 2.29. The van der Waals surface area contributed by atoms with Crippen LogP contribution in [0.5, 0.6) is 11.5 Å². The van der Waals surface area contributed by atoms with E-state index in [4.69, 9.17) is 9.47 Å². The van der Waals surface area contributed by atoms with Crippen molar-refractivity contribution in [2.45, 2.75) is 53.4 Å². The van der Waals surface area contributed by atoms with E-state index in [1.54, 1.807) is 0 Å². The zero-order chi connectivity index (χ0) is 17.0. The number of hydrogen-bond donors (Lipinski definition) is 0. The van der Waals surface area contributed by atoms with Gasteiger partial charge in [-0.15, -0.1) is 0 Å². The molecule has 2 aromatic carbocycles. The largest absolute Gasteiger partial charge is 0.457 e. The van der Waals surface area contributed by atoms with Gasteiger partial charge in [0.05, 0.1) is 0 Å². The van der Waals surface area contributed by atoms with Crippen LogP contribution in [0, 0.1) is 13.8 Å². The molecule has 124 valence electrons. The highest BCUT2D eigenvalue weighted by Gasteiger charge is 2.11. The van der Waals surface area contributed by atoms with Gasteiger partial charge in [-0.2, -0.15) is 0 Å². The van der Waals surface area contributed by atoms with Crippen LogP contribution in [0.4, 0.5) is 0 Å². The maximum absolute atomic E-state index is 5.94. The molecule has 0 fully saturated rings. The summed E-state index contributed by atoms with van der Waals surface area (Å²) in [5.41, 5.74) is 4.82. The van der Waals surface area contributed by atoms with E-state index in [9.17, 15) is 0 Å². The van der Waals surface area contributed by atoms with E-state index in [0.29, 0.717) is 11.8 Å². The van der Waals surface area contributed by atoms with E-state index in [2.05, 4.69) is 77.9 Å². The Bertz CT molecular complexity index is 599. The Hall–Kier alpha value is -1.96. The Morgan fingerprint density at radius 3 is 1.43 bits per heavy atom. The van der Waals surface area contributed by atoms with Crippen molar-refractivity contribution in [3.05, 3.63) is 58.7 Å². The van der Waals surface area contributed by atoms with Crippen LogP contribution in [0.1, 0.15) is 61.8 Å². The molecule has 0 amide bonds. The van der Waals surface area contributed by atoms with Crippen molar-refractivity contribution >= 4 is 0 Å². The number of ether oxygens (including phenoxy) is 2. The topological polar surface area (TPSA) is 18.5 Å². The molecule has 2 rings (SSSR count). The molecule has 0 saturated carbocycles. The molecule has 0 spiro atoms. The molecule has 0 unspecified atom stereocenters. The Kier molecular flexibility index (Phi) is 5.70. The molecule has 0 aliphatic carbocycles. The lowest BCUT2D eigenvalue weighted by Gasteiger charge is -2.18. The van der Waals surface area contributed by atoms with Gasteiger partial charge < -0.3 is 9.47 Å². The third-order valence-corrected chi connectivity index (χ3v) is 4.01. The van der Waals surface area contributed by atoms with Gasteiger partial charge in [-0.3, -0.25) is 0 Å². The molecule has 2 nitrogen and oxygen atoms in total. The maximum Gasteiger partial charge on any atom is 0.230 e. The summed E-state index contributed by atoms with van der Waals surface area (Å²) < 4.78 is 11.9. The normalized spacial score (nSPS) is 11.1. The van der Waals surface area contributed by atoms with E-state index >= 15 is 0 Å². The Balaban J connectivity index is 2.12. The summed E-state index contributed by atoms with van der Waals surface area (Å²) in [6, 6.07) is 12.7. The summed E-state index contributed by atoms with van der Waals surface area (Å²) in [7, 11) is 0. The van der Waals surface area contributed by atoms with E-state index in [1.807, 2.05) is 0 Å². The molecule has 0 N–H and O–H groups in total. The highest BCUT2D eigenvalue weighted by atomic mass is 16.7. The second kappa shape index (κ2) is 7.54. The summed E-state index contributed by atoms with van der Waals surface area (Å²) >= 11 is 0. The fraction of sp³-hybridized carbons (Fsp3) is 0.429. The van der Waals surface area contributed by atoms with Crippen LogP contribution in [0.25, 0.3) is 0 Å². The summed E-state index contributed by atoms with van der Waals surface area (Å²) in [5.74, 6) is 2.68. The molecule has 2 heteroatoms. The van der Waals surface area contributed by atoms with Gasteiger partial charge in [0.25, 0.3) is 0 Å². The Morgan fingerprint density at radius 1 is 0.696 bits per heavy atom. The first kappa shape index (κ1) is 17.4. The van der Waals surface area contributed by atoms with Gasteiger partial charge in [-0.25, -0.2) is 0 Å². The van der Waals surface area contributed by atoms with Gasteiger partial charge in [-0.1, -0.05) is 52.0 Å². The standard InChI is InChI=1S/C21H28O2/c1-14(2)18-9-7-16(5)11-20(18)22-13-23-21-12-17(6)8-10-19(21)15(3)4/h7-12,14-15H,13H2,1-6H3. The van der Waals surface area contributed by atoms with Crippen molar-refractivity contribution in [1.29, 1.82) is 0 Å². The molecular formula is C21H28O2. The third kappa shape index (κ3) is 4.51. The summed E-state index contributed by atoms with van der Waals surface area (Å²) in [6.45, 7) is 13.1. The number of hydrogen-bond acceptors (Lipinski definition) is 2. The molecule has 0 radical (unpaired) electrons. The summed E-state index contributed by atoms with van der Waals surface area (Å²) in [6.07, 6.45) is 0. The molecule has 0 bridgehead atoms. The van der Waals surface area contributed by atoms with E-state index in [0.717, 1.165) is 11.5 Å². The minimum Gasteiger partial charge on any atom is -0.457 e. The summed E-state index contributed by atoms with van der Waals surface area (Å²) in [4.78, 5) is 0. The van der Waals surface area contributed by atoms with Gasteiger partial charge in [0.2, 0.25) is 6.79 Å². The van der Waals surface area contributed by atoms with Crippen molar-refractivity contribution in [2.24, 2.45) is 0 Å². The second-order valence-corrected chi connectivity index (χ2v) is 6.80. The van der Waals surface area contributed by atoms with Crippen LogP contribution < -0.4 is 9.47 Å². The quantitative estimate of drug-likeness (QED) is 0.612. The first-order valence-corrected chi connectivity index (χ1v) is 8.35. The number of aryl methyl sites for hydroxylation is 2. The lowest BCUT2D eigenvalue weighted by atomic mass is 10.0. The zero-order valence-electron chi connectivity index (χ0n) is 15.1. The summed E-state index contributed by atoms with van der Waals surface area (Å²) in [5, 5.41) is 0. The van der Waals surface area contributed by atoms with Crippen LogP contribution in [-0.4, -0.2) is 6.79 Å². The molecule has 2 aromatic rings. The molecule has 0 saturated heterocycles. The average Bonchev–Trinajstić information content (AvgIpc) is 2.46. The fourth-order valence-corrected chi connectivity index (χ4v) is 2.64. The predicted octanol–water partition coefficient (Wildman–Crippen LogP) is 5.97. The van der Waals surface area contributed by atoms with Gasteiger partial charge in [0.1, 0.15) is 11.5 Å². The van der Waals surface area contributed by atoms with Crippen molar-refractivity contribution in [2.75, 3.05) is 6.79 Å². The monoisotopic (exact) mass is 312 g/mol. The van der Waals surface area contributed by atoms with Gasteiger partial charge >= 0.3 is 0 Å². The number of rotatable bonds is 6. The average molecular weight is 312 g/mol. The number of benzene rings is 2. The predicted molar refractivity (Wildman–Crippen MR) is 96.7 cm³/mol. The third-order valence-electron chi connectivity index (χ3n) is 4.01. The van der Waals surface area contributed by atoms with Crippen LogP contribution in [0.3, 0.4) is 0 Å². The van der Waals surface area contributed by atoms with E-state index in [1.165, 1.54) is 22.3 Å². The van der Waals surface area contributed by atoms with Crippen molar-refractivity contribution in [3.8, 4) is 11.5 Å². The van der Waals surface area contributed by atoms with Crippen LogP contribution >= 0.6 is 0 Å². The maximum atomic E-state index is 5.94. The molecular weight excluding hydrogens is 284 g/mol. The minimum absolute atomic E-state index is 0.229. The fourth-order valence-electron chi connectivity index (χ4n) is 2.64. The lowest BCUT2D eigenvalue weighted by Crippen LogP contribution is -2.09. The Labute approximate surface area is 140 Å². The van der Waals surface area contributed by atoms with Gasteiger partial charge in [-0.05, 0) is 60.1 Å². The molecule has 0 atom stereocenters. The van der Waals surface area contributed by atoms with Crippen molar-refractivity contribution < 1.29 is 9.47 Å². The van der Waals surface area contributed by atoms with Crippen LogP contribution in [-0.2, 0) is 0 Å². The lowest BCUT2D eigenvalue weighted by molar-refractivity contribution is 0.117. The van der Waals surface area contributed by atoms with E-state index in [-0.39, 0.29) is 6.79 Å². The van der Waals surface area contributed by atoms with E-state index < -0.39 is 0 Å². The molecule has 0 aliphatic rings. The smallest absolute Gasteiger partial charge is 0.230 e. The second-order valence-electron chi connectivity index (χ2n) is 6.80. The Morgan fingerprint density at radius 2 is 1.09 bits per heavy atom.